The smallest absolute Gasteiger partial charge is 0.321 e. The molecule has 0 amide bonds. The van der Waals surface area contributed by atoms with Crippen molar-refractivity contribution in [3.8, 4) is 0 Å². The zero-order chi connectivity index (χ0) is 14.7. The molecule has 106 valence electrons. The molecule has 2 heterocycles. The van der Waals surface area contributed by atoms with Crippen LogP contribution in [-0.4, -0.2) is 32.3 Å². The second-order valence-corrected chi connectivity index (χ2v) is 6.07. The summed E-state index contributed by atoms with van der Waals surface area (Å²) in [4.78, 5) is 26.9. The second kappa shape index (κ2) is 6.38. The molecule has 1 atom stereocenters. The summed E-state index contributed by atoms with van der Waals surface area (Å²) in [5, 5.41) is 8.68. The van der Waals surface area contributed by atoms with Crippen molar-refractivity contribution in [1.82, 2.24) is 9.38 Å². The number of carboxylic acid groups (broad SMARTS) is 1. The summed E-state index contributed by atoms with van der Waals surface area (Å²) in [6.07, 6.45) is 1.65. The van der Waals surface area contributed by atoms with Crippen LogP contribution in [0.4, 0.5) is 0 Å². The molecule has 0 saturated carbocycles. The van der Waals surface area contributed by atoms with Crippen molar-refractivity contribution in [2.75, 3.05) is 5.75 Å². The maximum atomic E-state index is 11.9. The number of aromatic nitrogens is 2. The van der Waals surface area contributed by atoms with Crippen LogP contribution in [-0.2, 0) is 10.5 Å². The number of nitrogens with two attached hydrogens (primary N) is 1. The van der Waals surface area contributed by atoms with E-state index < -0.39 is 12.0 Å². The Morgan fingerprint density at radius 2 is 2.30 bits per heavy atom. The van der Waals surface area contributed by atoms with E-state index in [-0.39, 0.29) is 11.3 Å². The molecule has 0 bridgehead atoms. The minimum absolute atomic E-state index is 0.172. The van der Waals surface area contributed by atoms with E-state index in [0.29, 0.717) is 17.1 Å². The third-order valence-corrected chi connectivity index (χ3v) is 4.10. The molecule has 2 rings (SSSR count). The quantitative estimate of drug-likeness (QED) is 0.831. The van der Waals surface area contributed by atoms with Crippen molar-refractivity contribution in [3.05, 3.63) is 44.9 Å². The second-order valence-electron chi connectivity index (χ2n) is 4.12. The summed E-state index contributed by atoms with van der Waals surface area (Å²) in [6.45, 7) is 0. The van der Waals surface area contributed by atoms with E-state index in [1.165, 1.54) is 22.2 Å². The van der Waals surface area contributed by atoms with Crippen LogP contribution in [0.15, 0.2) is 33.7 Å². The number of hydrogen-bond donors (Lipinski definition) is 2. The Kier molecular flexibility index (Phi) is 4.79. The predicted molar refractivity (Wildman–Crippen MR) is 80.9 cm³/mol. The molecular formula is C12H12BrN3O3S. The summed E-state index contributed by atoms with van der Waals surface area (Å²) in [5.41, 5.74) is 6.40. The summed E-state index contributed by atoms with van der Waals surface area (Å²) in [5.74, 6) is -0.312. The molecule has 6 nitrogen and oxygen atoms in total. The van der Waals surface area contributed by atoms with E-state index >= 15 is 0 Å². The Labute approximate surface area is 127 Å². The molecule has 0 saturated heterocycles. The van der Waals surface area contributed by atoms with Crippen molar-refractivity contribution < 1.29 is 9.90 Å². The number of carboxylic acids is 1. The highest BCUT2D eigenvalue weighted by Crippen LogP contribution is 2.13. The highest BCUT2D eigenvalue weighted by molar-refractivity contribution is 9.10. The highest BCUT2D eigenvalue weighted by atomic mass is 79.9. The largest absolute Gasteiger partial charge is 0.480 e. The Morgan fingerprint density at radius 3 is 3.00 bits per heavy atom. The zero-order valence-corrected chi connectivity index (χ0v) is 12.7. The minimum atomic E-state index is -1.03. The average Bonchev–Trinajstić information content (AvgIpc) is 2.39. The van der Waals surface area contributed by atoms with E-state index in [1.54, 1.807) is 18.3 Å². The van der Waals surface area contributed by atoms with Crippen molar-refractivity contribution in [2.45, 2.75) is 11.8 Å². The fraction of sp³-hybridized carbons (Fsp3) is 0.250. The van der Waals surface area contributed by atoms with Gasteiger partial charge >= 0.3 is 5.97 Å². The number of pyridine rings is 1. The van der Waals surface area contributed by atoms with Crippen LogP contribution in [0.5, 0.6) is 0 Å². The number of fused-ring (bicyclic) bond motifs is 1. The van der Waals surface area contributed by atoms with Crippen LogP contribution in [0, 0.1) is 0 Å². The Hall–Kier alpha value is -1.38. The zero-order valence-electron chi connectivity index (χ0n) is 10.3. The third-order valence-electron chi connectivity index (χ3n) is 2.54. The monoisotopic (exact) mass is 357 g/mol. The van der Waals surface area contributed by atoms with E-state index in [2.05, 4.69) is 20.9 Å². The lowest BCUT2D eigenvalue weighted by molar-refractivity contribution is -0.137. The standard InChI is InChI=1S/C12H12BrN3O3S/c13-7-1-2-10-15-8(3-11(17)16(10)4-7)5-20-6-9(14)12(18)19/h1-4,9H,5-6,14H2,(H,18,19)/t9-/m1/s1. The molecule has 3 N–H and O–H groups in total. The van der Waals surface area contributed by atoms with Gasteiger partial charge in [-0.25, -0.2) is 4.98 Å². The van der Waals surface area contributed by atoms with Gasteiger partial charge in [-0.1, -0.05) is 0 Å². The van der Waals surface area contributed by atoms with Gasteiger partial charge in [-0.2, -0.15) is 11.8 Å². The molecule has 0 aromatic carbocycles. The fourth-order valence-electron chi connectivity index (χ4n) is 1.56. The minimum Gasteiger partial charge on any atom is -0.480 e. The maximum Gasteiger partial charge on any atom is 0.321 e. The predicted octanol–water partition coefficient (Wildman–Crippen LogP) is 1.10. The molecule has 0 aliphatic heterocycles. The molecular weight excluding hydrogens is 346 g/mol. The number of aliphatic carboxylic acids is 1. The van der Waals surface area contributed by atoms with Crippen LogP contribution in [0.2, 0.25) is 0 Å². The Morgan fingerprint density at radius 1 is 1.55 bits per heavy atom. The third kappa shape index (κ3) is 3.59. The van der Waals surface area contributed by atoms with E-state index in [9.17, 15) is 9.59 Å². The molecule has 0 aliphatic carbocycles. The van der Waals surface area contributed by atoms with Crippen LogP contribution in [0.3, 0.4) is 0 Å². The number of thioether (sulfide) groups is 1. The molecule has 0 spiro atoms. The van der Waals surface area contributed by atoms with Gasteiger partial charge in [0.05, 0.1) is 5.69 Å². The fourth-order valence-corrected chi connectivity index (χ4v) is 2.77. The SMILES string of the molecule is N[C@H](CSCc1cc(=O)n2cc(Br)ccc2n1)C(=O)O. The van der Waals surface area contributed by atoms with Crippen molar-refractivity contribution in [3.63, 3.8) is 0 Å². The maximum absolute atomic E-state index is 11.9. The Bertz CT molecular complexity index is 704. The molecule has 0 aliphatic rings. The van der Waals surface area contributed by atoms with E-state index in [4.69, 9.17) is 10.8 Å². The first-order valence-electron chi connectivity index (χ1n) is 5.71. The lowest BCUT2D eigenvalue weighted by Gasteiger charge is -2.06. The van der Waals surface area contributed by atoms with Gasteiger partial charge in [0.25, 0.3) is 5.56 Å². The van der Waals surface area contributed by atoms with Gasteiger partial charge in [0.15, 0.2) is 0 Å². The first-order chi connectivity index (χ1) is 9.47. The first kappa shape index (κ1) is 15.0. The number of nitrogens with zero attached hydrogens (tertiary/aromatic N) is 2. The molecule has 20 heavy (non-hydrogen) atoms. The van der Waals surface area contributed by atoms with Gasteiger partial charge in [-0.05, 0) is 28.1 Å². The van der Waals surface area contributed by atoms with Crippen LogP contribution >= 0.6 is 27.7 Å². The molecule has 0 fully saturated rings. The van der Waals surface area contributed by atoms with Crippen LogP contribution in [0.1, 0.15) is 5.69 Å². The van der Waals surface area contributed by atoms with Gasteiger partial charge in [0.1, 0.15) is 11.7 Å². The number of carbonyl (C=O) groups is 1. The van der Waals surface area contributed by atoms with Crippen molar-refractivity contribution >= 4 is 39.3 Å². The molecule has 0 radical (unpaired) electrons. The molecule has 8 heteroatoms. The molecule has 2 aromatic rings. The normalized spacial score (nSPS) is 12.5. The van der Waals surface area contributed by atoms with Crippen molar-refractivity contribution in [2.24, 2.45) is 5.73 Å². The van der Waals surface area contributed by atoms with Gasteiger partial charge in [-0.15, -0.1) is 0 Å². The van der Waals surface area contributed by atoms with E-state index in [0.717, 1.165) is 4.47 Å². The van der Waals surface area contributed by atoms with Gasteiger partial charge in [-0.3, -0.25) is 14.0 Å². The summed E-state index contributed by atoms with van der Waals surface area (Å²) in [6, 6.07) is 4.08. The van der Waals surface area contributed by atoms with Gasteiger partial charge in [0.2, 0.25) is 0 Å². The summed E-state index contributed by atoms with van der Waals surface area (Å²) < 4.78 is 2.24. The van der Waals surface area contributed by atoms with Crippen LogP contribution < -0.4 is 11.3 Å². The number of halogens is 1. The summed E-state index contributed by atoms with van der Waals surface area (Å²) in [7, 11) is 0. The van der Waals surface area contributed by atoms with Crippen molar-refractivity contribution in [1.29, 1.82) is 0 Å². The first-order valence-corrected chi connectivity index (χ1v) is 7.66. The Balaban J connectivity index is 2.14. The summed E-state index contributed by atoms with van der Waals surface area (Å²) >= 11 is 4.63. The van der Waals surface area contributed by atoms with Crippen LogP contribution in [0.25, 0.3) is 5.65 Å². The van der Waals surface area contributed by atoms with Gasteiger partial charge < -0.3 is 10.8 Å². The lowest BCUT2D eigenvalue weighted by Crippen LogP contribution is -2.32. The van der Waals surface area contributed by atoms with E-state index in [1.807, 2.05) is 0 Å². The average molecular weight is 358 g/mol. The number of hydrogen-bond acceptors (Lipinski definition) is 5. The number of rotatable bonds is 5. The topological polar surface area (TPSA) is 97.7 Å². The highest BCUT2D eigenvalue weighted by Gasteiger charge is 2.11. The molecule has 0 unspecified atom stereocenters. The molecule has 2 aromatic heterocycles. The van der Waals surface area contributed by atoms with Gasteiger partial charge in [0, 0.05) is 28.2 Å². The lowest BCUT2D eigenvalue weighted by atomic mass is 10.4.